The summed E-state index contributed by atoms with van der Waals surface area (Å²) in [5.74, 6) is 0.220. The standard InChI is InChI=1S/C26H23BrClN3O4/c1-34-24-12-17(6-11-23(24)35-16-18-4-2-3-5-22(18)28)14-29-30-26(33)19-13-25(32)31(15-19)21-9-7-20(27)8-10-21/h2-12,14,19H,13,15-16H2,1H3,(H,30,33)/b29-14-/t19-/m0/s1. The van der Waals surface area contributed by atoms with Crippen molar-refractivity contribution in [2.45, 2.75) is 13.0 Å². The van der Waals surface area contributed by atoms with Gasteiger partial charge in [0.2, 0.25) is 11.8 Å². The second-order valence-corrected chi connectivity index (χ2v) is 9.23. The molecule has 0 spiro atoms. The zero-order valence-corrected chi connectivity index (χ0v) is 21.3. The van der Waals surface area contributed by atoms with Gasteiger partial charge in [-0.2, -0.15) is 5.10 Å². The van der Waals surface area contributed by atoms with Gasteiger partial charge in [0.1, 0.15) is 6.61 Å². The molecule has 1 N–H and O–H groups in total. The smallest absolute Gasteiger partial charge is 0.245 e. The highest BCUT2D eigenvalue weighted by atomic mass is 79.9. The fourth-order valence-corrected chi connectivity index (χ4v) is 4.12. The van der Waals surface area contributed by atoms with E-state index in [1.807, 2.05) is 48.5 Å². The third-order valence-corrected chi connectivity index (χ3v) is 6.45. The number of hydrogen-bond acceptors (Lipinski definition) is 5. The van der Waals surface area contributed by atoms with Crippen molar-refractivity contribution in [2.24, 2.45) is 11.0 Å². The van der Waals surface area contributed by atoms with Gasteiger partial charge in [-0.3, -0.25) is 9.59 Å². The van der Waals surface area contributed by atoms with Crippen molar-refractivity contribution < 1.29 is 19.1 Å². The number of nitrogens with zero attached hydrogens (tertiary/aromatic N) is 2. The highest BCUT2D eigenvalue weighted by molar-refractivity contribution is 9.10. The first-order valence-electron chi connectivity index (χ1n) is 10.9. The molecular weight excluding hydrogens is 534 g/mol. The number of anilines is 1. The molecular formula is C26H23BrClN3O4. The maximum Gasteiger partial charge on any atom is 0.245 e. The number of amides is 2. The van der Waals surface area contributed by atoms with Gasteiger partial charge in [0.25, 0.3) is 0 Å². The fraction of sp³-hybridized carbons (Fsp3) is 0.192. The molecule has 1 atom stereocenters. The number of hydrazone groups is 1. The van der Waals surface area contributed by atoms with Gasteiger partial charge >= 0.3 is 0 Å². The van der Waals surface area contributed by atoms with Crippen molar-refractivity contribution in [1.82, 2.24) is 5.43 Å². The summed E-state index contributed by atoms with van der Waals surface area (Å²) in [5, 5.41) is 4.69. The van der Waals surface area contributed by atoms with Crippen LogP contribution in [0.1, 0.15) is 17.5 Å². The van der Waals surface area contributed by atoms with E-state index in [4.69, 9.17) is 21.1 Å². The van der Waals surface area contributed by atoms with Crippen LogP contribution in [0.15, 0.2) is 76.3 Å². The van der Waals surface area contributed by atoms with E-state index in [1.165, 1.54) is 6.21 Å². The third-order valence-electron chi connectivity index (χ3n) is 5.55. The van der Waals surface area contributed by atoms with Crippen LogP contribution in [0.5, 0.6) is 11.5 Å². The van der Waals surface area contributed by atoms with Gasteiger partial charge in [-0.05, 0) is 54.1 Å². The van der Waals surface area contributed by atoms with Gasteiger partial charge in [0.05, 0.1) is 19.2 Å². The van der Waals surface area contributed by atoms with Gasteiger partial charge in [-0.1, -0.05) is 45.7 Å². The van der Waals surface area contributed by atoms with Gasteiger partial charge in [-0.25, -0.2) is 5.43 Å². The maximum absolute atomic E-state index is 12.6. The second kappa shape index (κ2) is 11.4. The molecule has 1 saturated heterocycles. The predicted molar refractivity (Wildman–Crippen MR) is 139 cm³/mol. The lowest BCUT2D eigenvalue weighted by Crippen LogP contribution is -2.30. The third kappa shape index (κ3) is 6.21. The molecule has 180 valence electrons. The van der Waals surface area contributed by atoms with Crippen LogP contribution in [0, 0.1) is 5.92 Å². The van der Waals surface area contributed by atoms with E-state index in [0.717, 1.165) is 15.7 Å². The van der Waals surface area contributed by atoms with Crippen molar-refractivity contribution in [3.8, 4) is 11.5 Å². The summed E-state index contributed by atoms with van der Waals surface area (Å²) in [6.45, 7) is 0.615. The van der Waals surface area contributed by atoms with Crippen LogP contribution in [-0.2, 0) is 16.2 Å². The highest BCUT2D eigenvalue weighted by Gasteiger charge is 2.35. The number of benzene rings is 3. The van der Waals surface area contributed by atoms with Crippen molar-refractivity contribution in [1.29, 1.82) is 0 Å². The SMILES string of the molecule is COc1cc(/C=N\NC(=O)[C@H]2CC(=O)N(c3ccc(Br)cc3)C2)ccc1OCc1ccccc1Cl. The van der Waals surface area contributed by atoms with Crippen molar-refractivity contribution >= 4 is 51.2 Å². The summed E-state index contributed by atoms with van der Waals surface area (Å²) in [7, 11) is 1.55. The summed E-state index contributed by atoms with van der Waals surface area (Å²) in [5.41, 5.74) is 4.89. The van der Waals surface area contributed by atoms with Crippen LogP contribution in [-0.4, -0.2) is 31.7 Å². The average Bonchev–Trinajstić information content (AvgIpc) is 3.26. The number of rotatable bonds is 8. The Bertz CT molecular complexity index is 1250. The first kappa shape index (κ1) is 24.8. The molecule has 0 aliphatic carbocycles. The lowest BCUT2D eigenvalue weighted by Gasteiger charge is -2.16. The molecule has 7 nitrogen and oxygen atoms in total. The van der Waals surface area contributed by atoms with E-state index in [1.54, 1.807) is 30.2 Å². The first-order chi connectivity index (χ1) is 16.9. The Morgan fingerprint density at radius 1 is 1.17 bits per heavy atom. The lowest BCUT2D eigenvalue weighted by molar-refractivity contribution is -0.126. The number of carbonyl (C=O) groups is 2. The van der Waals surface area contributed by atoms with Crippen LogP contribution in [0.3, 0.4) is 0 Å². The van der Waals surface area contributed by atoms with Crippen LogP contribution < -0.4 is 19.8 Å². The van der Waals surface area contributed by atoms with E-state index < -0.39 is 5.92 Å². The van der Waals surface area contributed by atoms with E-state index in [2.05, 4.69) is 26.5 Å². The predicted octanol–water partition coefficient (Wildman–Crippen LogP) is 5.19. The molecule has 0 unspecified atom stereocenters. The van der Waals surface area contributed by atoms with E-state index in [0.29, 0.717) is 35.2 Å². The summed E-state index contributed by atoms with van der Waals surface area (Å²) < 4.78 is 12.2. The minimum atomic E-state index is -0.474. The molecule has 4 rings (SSSR count). The highest BCUT2D eigenvalue weighted by Crippen LogP contribution is 2.29. The Kier molecular flexibility index (Phi) is 8.05. The largest absolute Gasteiger partial charge is 0.493 e. The molecule has 1 aliphatic heterocycles. The minimum Gasteiger partial charge on any atom is -0.493 e. The normalized spacial score (nSPS) is 15.5. The summed E-state index contributed by atoms with van der Waals surface area (Å²) in [6.07, 6.45) is 1.66. The monoisotopic (exact) mass is 555 g/mol. The molecule has 0 bridgehead atoms. The van der Waals surface area contributed by atoms with Crippen LogP contribution in [0.4, 0.5) is 5.69 Å². The Morgan fingerprint density at radius 2 is 1.94 bits per heavy atom. The van der Waals surface area contributed by atoms with Gasteiger partial charge in [0, 0.05) is 33.7 Å². The maximum atomic E-state index is 12.6. The number of nitrogens with one attached hydrogen (secondary N) is 1. The molecule has 1 heterocycles. The number of carbonyl (C=O) groups excluding carboxylic acids is 2. The second-order valence-electron chi connectivity index (χ2n) is 7.91. The van der Waals surface area contributed by atoms with Crippen molar-refractivity contribution in [2.75, 3.05) is 18.6 Å². The summed E-state index contributed by atoms with van der Waals surface area (Å²) >= 11 is 9.57. The molecule has 1 fully saturated rings. The van der Waals surface area contributed by atoms with Crippen LogP contribution in [0.2, 0.25) is 5.02 Å². The molecule has 0 aromatic heterocycles. The van der Waals surface area contributed by atoms with Gasteiger partial charge < -0.3 is 14.4 Å². The molecule has 35 heavy (non-hydrogen) atoms. The van der Waals surface area contributed by atoms with Crippen molar-refractivity contribution in [3.63, 3.8) is 0 Å². The quantitative estimate of drug-likeness (QED) is 0.306. The van der Waals surface area contributed by atoms with Crippen LogP contribution >= 0.6 is 27.5 Å². The first-order valence-corrected chi connectivity index (χ1v) is 12.0. The number of hydrogen-bond donors (Lipinski definition) is 1. The van der Waals surface area contributed by atoms with Crippen LogP contribution in [0.25, 0.3) is 0 Å². The summed E-state index contributed by atoms with van der Waals surface area (Å²) in [6, 6.07) is 20.2. The van der Waals surface area contributed by atoms with E-state index in [9.17, 15) is 9.59 Å². The molecule has 9 heteroatoms. The average molecular weight is 557 g/mol. The molecule has 1 aliphatic rings. The number of halogens is 2. The molecule has 3 aromatic carbocycles. The number of ether oxygens (including phenoxy) is 2. The number of methoxy groups -OCH3 is 1. The van der Waals surface area contributed by atoms with E-state index in [-0.39, 0.29) is 18.2 Å². The molecule has 2 amide bonds. The van der Waals surface area contributed by atoms with Crippen molar-refractivity contribution in [3.05, 3.63) is 87.4 Å². The molecule has 3 aromatic rings. The summed E-state index contributed by atoms with van der Waals surface area (Å²) in [4.78, 5) is 26.6. The fourth-order valence-electron chi connectivity index (χ4n) is 3.67. The Morgan fingerprint density at radius 3 is 2.69 bits per heavy atom. The molecule has 0 radical (unpaired) electrons. The zero-order valence-electron chi connectivity index (χ0n) is 18.9. The Balaban J connectivity index is 1.34. The van der Waals surface area contributed by atoms with Gasteiger partial charge in [0.15, 0.2) is 11.5 Å². The lowest BCUT2D eigenvalue weighted by atomic mass is 10.1. The zero-order chi connectivity index (χ0) is 24.8. The Labute approximate surface area is 216 Å². The Hall–Kier alpha value is -3.36. The molecule has 0 saturated carbocycles. The van der Waals surface area contributed by atoms with E-state index >= 15 is 0 Å². The minimum absolute atomic E-state index is 0.0893. The van der Waals surface area contributed by atoms with Gasteiger partial charge in [-0.15, -0.1) is 0 Å². The topological polar surface area (TPSA) is 80.2 Å².